The summed E-state index contributed by atoms with van der Waals surface area (Å²) in [6.45, 7) is 1.11. The van der Waals surface area contributed by atoms with Crippen LogP contribution in [0.2, 0.25) is 0 Å². The molecule has 1 unspecified atom stereocenters. The molecule has 0 aliphatic rings. The van der Waals surface area contributed by atoms with E-state index < -0.39 is 39.5 Å². The highest BCUT2D eigenvalue weighted by molar-refractivity contribution is 7.88. The highest BCUT2D eigenvalue weighted by atomic mass is 32.2. The van der Waals surface area contributed by atoms with Gasteiger partial charge in [0, 0.05) is 24.2 Å². The highest BCUT2D eigenvalue weighted by Crippen LogP contribution is 2.31. The molecule has 37 heavy (non-hydrogen) atoms. The van der Waals surface area contributed by atoms with E-state index in [1.807, 2.05) is 6.07 Å². The zero-order valence-corrected chi connectivity index (χ0v) is 20.5. The molecular formula is C25H22F4N4O3S. The van der Waals surface area contributed by atoms with E-state index in [0.29, 0.717) is 5.56 Å². The minimum absolute atomic E-state index is 0.0337. The summed E-state index contributed by atoms with van der Waals surface area (Å²) >= 11 is 0. The number of nitrogens with zero attached hydrogens (tertiary/aromatic N) is 2. The molecule has 1 heterocycles. The van der Waals surface area contributed by atoms with Crippen molar-refractivity contribution >= 4 is 15.9 Å². The fourth-order valence-electron chi connectivity index (χ4n) is 3.45. The maximum absolute atomic E-state index is 14.4. The van der Waals surface area contributed by atoms with Crippen molar-refractivity contribution in [3.63, 3.8) is 0 Å². The van der Waals surface area contributed by atoms with Gasteiger partial charge in [-0.05, 0) is 42.3 Å². The van der Waals surface area contributed by atoms with Crippen LogP contribution in [-0.2, 0) is 34.1 Å². The van der Waals surface area contributed by atoms with E-state index in [-0.39, 0.29) is 41.0 Å². The standard InChI is InChI=1S/C25H22F4N4O3S/c1-15(17-6-7-19(21(26)11-17)14-32-37(2,35)36)24(34)31-13-20-8-9-22(25(27,28)29)33-23(20)18-5-3-4-16(10-18)12-30/h3-11,15,32H,13-14H2,1-2H3,(H,31,34). The lowest BCUT2D eigenvalue weighted by Gasteiger charge is -2.16. The van der Waals surface area contributed by atoms with Crippen LogP contribution in [0.4, 0.5) is 17.6 Å². The maximum atomic E-state index is 14.4. The number of sulfonamides is 1. The Morgan fingerprint density at radius 2 is 1.78 bits per heavy atom. The van der Waals surface area contributed by atoms with Crippen LogP contribution in [0.1, 0.15) is 40.8 Å². The molecule has 1 atom stereocenters. The van der Waals surface area contributed by atoms with Gasteiger partial charge < -0.3 is 5.32 Å². The summed E-state index contributed by atoms with van der Waals surface area (Å²) in [6, 6.07) is 13.9. The molecule has 0 bridgehead atoms. The molecule has 7 nitrogen and oxygen atoms in total. The van der Waals surface area contributed by atoms with Gasteiger partial charge in [0.15, 0.2) is 0 Å². The number of amides is 1. The van der Waals surface area contributed by atoms with Crippen LogP contribution in [-0.4, -0.2) is 25.6 Å². The number of halogens is 4. The Hall–Kier alpha value is -3.82. The van der Waals surface area contributed by atoms with Gasteiger partial charge in [0.2, 0.25) is 15.9 Å². The SMILES string of the molecule is CC(C(=O)NCc1ccc(C(F)(F)F)nc1-c1cccc(C#N)c1)c1ccc(CNS(C)(=O)=O)c(F)c1. The average molecular weight is 535 g/mol. The zero-order chi connectivity index (χ0) is 27.4. The van der Waals surface area contributed by atoms with Gasteiger partial charge in [-0.2, -0.15) is 18.4 Å². The minimum Gasteiger partial charge on any atom is -0.351 e. The van der Waals surface area contributed by atoms with Gasteiger partial charge in [0.25, 0.3) is 0 Å². The molecule has 2 aromatic carbocycles. The molecule has 1 amide bonds. The lowest BCUT2D eigenvalue weighted by Crippen LogP contribution is -2.28. The maximum Gasteiger partial charge on any atom is 0.433 e. The average Bonchev–Trinajstić information content (AvgIpc) is 2.84. The van der Waals surface area contributed by atoms with Gasteiger partial charge in [-0.15, -0.1) is 0 Å². The number of carbonyl (C=O) groups is 1. The molecule has 3 rings (SSSR count). The van der Waals surface area contributed by atoms with Crippen LogP contribution in [0.3, 0.4) is 0 Å². The van der Waals surface area contributed by atoms with Crippen LogP contribution in [0.25, 0.3) is 11.3 Å². The predicted molar refractivity (Wildman–Crippen MR) is 128 cm³/mol. The topological polar surface area (TPSA) is 112 Å². The van der Waals surface area contributed by atoms with E-state index in [9.17, 15) is 30.8 Å². The molecule has 0 aliphatic heterocycles. The Morgan fingerprint density at radius 1 is 1.08 bits per heavy atom. The molecular weight excluding hydrogens is 512 g/mol. The van der Waals surface area contributed by atoms with Gasteiger partial charge in [-0.1, -0.05) is 30.3 Å². The molecule has 3 aromatic rings. The minimum atomic E-state index is -4.69. The van der Waals surface area contributed by atoms with Crippen molar-refractivity contribution < 1.29 is 30.8 Å². The van der Waals surface area contributed by atoms with Crippen LogP contribution in [0, 0.1) is 17.1 Å². The Labute approximate surface area is 211 Å². The van der Waals surface area contributed by atoms with E-state index in [1.165, 1.54) is 49.4 Å². The highest BCUT2D eigenvalue weighted by Gasteiger charge is 2.33. The summed E-state index contributed by atoms with van der Waals surface area (Å²) < 4.78 is 78.9. The number of alkyl halides is 3. The van der Waals surface area contributed by atoms with Crippen molar-refractivity contribution in [2.24, 2.45) is 0 Å². The Bertz CT molecular complexity index is 1470. The molecule has 0 saturated heterocycles. The van der Waals surface area contributed by atoms with Crippen molar-refractivity contribution in [1.29, 1.82) is 5.26 Å². The van der Waals surface area contributed by atoms with Crippen molar-refractivity contribution in [2.45, 2.75) is 32.1 Å². The van der Waals surface area contributed by atoms with Gasteiger partial charge in [0.1, 0.15) is 11.5 Å². The normalized spacial score (nSPS) is 12.6. The summed E-state index contributed by atoms with van der Waals surface area (Å²) in [4.78, 5) is 16.5. The van der Waals surface area contributed by atoms with Crippen molar-refractivity contribution in [1.82, 2.24) is 15.0 Å². The predicted octanol–water partition coefficient (Wildman–Crippen LogP) is 4.25. The Morgan fingerprint density at radius 3 is 2.41 bits per heavy atom. The lowest BCUT2D eigenvalue weighted by molar-refractivity contribution is -0.141. The number of carbonyl (C=O) groups excluding carboxylic acids is 1. The number of hydrogen-bond acceptors (Lipinski definition) is 5. The first-order valence-corrected chi connectivity index (χ1v) is 12.8. The van der Waals surface area contributed by atoms with E-state index in [0.717, 1.165) is 18.4 Å². The third-order valence-electron chi connectivity index (χ3n) is 5.48. The summed E-state index contributed by atoms with van der Waals surface area (Å²) in [5.74, 6) is -2.03. The molecule has 0 spiro atoms. The van der Waals surface area contributed by atoms with E-state index in [2.05, 4.69) is 15.0 Å². The van der Waals surface area contributed by atoms with Crippen molar-refractivity contribution in [2.75, 3.05) is 6.26 Å². The second-order valence-electron chi connectivity index (χ2n) is 8.28. The number of benzene rings is 2. The fraction of sp³-hybridized carbons (Fsp3) is 0.240. The first-order valence-electron chi connectivity index (χ1n) is 10.9. The van der Waals surface area contributed by atoms with Crippen LogP contribution in [0.5, 0.6) is 0 Å². The number of nitriles is 1. The van der Waals surface area contributed by atoms with Crippen LogP contribution < -0.4 is 10.0 Å². The van der Waals surface area contributed by atoms with Gasteiger partial charge in [0.05, 0.1) is 29.5 Å². The van der Waals surface area contributed by atoms with Gasteiger partial charge in [-0.25, -0.2) is 22.5 Å². The second kappa shape index (κ2) is 11.1. The molecule has 0 saturated carbocycles. The van der Waals surface area contributed by atoms with E-state index in [1.54, 1.807) is 0 Å². The number of rotatable bonds is 8. The zero-order valence-electron chi connectivity index (χ0n) is 19.7. The first-order chi connectivity index (χ1) is 17.3. The largest absolute Gasteiger partial charge is 0.433 e. The first kappa shape index (κ1) is 27.8. The third kappa shape index (κ3) is 7.34. The number of nitrogens with one attached hydrogen (secondary N) is 2. The molecule has 1 aromatic heterocycles. The number of aromatic nitrogens is 1. The fourth-order valence-corrected chi connectivity index (χ4v) is 3.86. The van der Waals surface area contributed by atoms with E-state index >= 15 is 0 Å². The monoisotopic (exact) mass is 534 g/mol. The Kier molecular flexibility index (Phi) is 8.30. The quantitative estimate of drug-likeness (QED) is 0.420. The number of hydrogen-bond donors (Lipinski definition) is 2. The van der Waals surface area contributed by atoms with Crippen molar-refractivity contribution in [3.8, 4) is 17.3 Å². The molecule has 12 heteroatoms. The van der Waals surface area contributed by atoms with Crippen molar-refractivity contribution in [3.05, 3.63) is 88.4 Å². The van der Waals surface area contributed by atoms with Crippen LogP contribution >= 0.6 is 0 Å². The van der Waals surface area contributed by atoms with Gasteiger partial charge >= 0.3 is 6.18 Å². The summed E-state index contributed by atoms with van der Waals surface area (Å²) in [7, 11) is -3.52. The second-order valence-corrected chi connectivity index (χ2v) is 10.1. The third-order valence-corrected chi connectivity index (χ3v) is 6.15. The molecule has 0 radical (unpaired) electrons. The van der Waals surface area contributed by atoms with E-state index in [4.69, 9.17) is 5.26 Å². The summed E-state index contributed by atoms with van der Waals surface area (Å²) in [6.07, 6.45) is -3.74. The Balaban J connectivity index is 1.81. The number of pyridine rings is 1. The molecule has 194 valence electrons. The molecule has 0 aliphatic carbocycles. The summed E-state index contributed by atoms with van der Waals surface area (Å²) in [5.41, 5.74) is 0.0766. The lowest BCUT2D eigenvalue weighted by atomic mass is 9.98. The molecule has 2 N–H and O–H groups in total. The molecule has 0 fully saturated rings. The van der Waals surface area contributed by atoms with Gasteiger partial charge in [-0.3, -0.25) is 4.79 Å². The van der Waals surface area contributed by atoms with Crippen LogP contribution in [0.15, 0.2) is 54.6 Å². The summed E-state index contributed by atoms with van der Waals surface area (Å²) in [5, 5.41) is 11.8. The smallest absolute Gasteiger partial charge is 0.351 e.